The average Bonchev–Trinajstić information content (AvgIpc) is 2.10. The summed E-state index contributed by atoms with van der Waals surface area (Å²) in [7, 11) is 4.72. The molecule has 0 saturated heterocycles. The molecule has 0 aromatic heterocycles. The normalized spacial score (nSPS) is 8.33. The summed E-state index contributed by atoms with van der Waals surface area (Å²) in [4.78, 5) is 10.3. The second-order valence-corrected chi connectivity index (χ2v) is 4.94. The number of methoxy groups -OCH3 is 1. The first-order valence-corrected chi connectivity index (χ1v) is 6.29. The van der Waals surface area contributed by atoms with E-state index in [1.54, 1.807) is 21.6 Å². The van der Waals surface area contributed by atoms with Crippen molar-refractivity contribution in [2.75, 3.05) is 18.6 Å². The number of nitrogens with one attached hydrogen (secondary N) is 1. The Labute approximate surface area is 110 Å². The molecule has 8 heteroatoms. The second-order valence-electron chi connectivity index (χ2n) is 2.24. The lowest BCUT2D eigenvalue weighted by atomic mass is 10.5. The van der Waals surface area contributed by atoms with Gasteiger partial charge in [-0.05, 0) is 0 Å². The van der Waals surface area contributed by atoms with E-state index >= 15 is 0 Å². The molecule has 0 unspecified atom stereocenters. The molecule has 0 rings (SSSR count). The van der Waals surface area contributed by atoms with Gasteiger partial charge in [-0.3, -0.25) is 10.2 Å². The quantitative estimate of drug-likeness (QED) is 0.326. The zero-order chi connectivity index (χ0) is 10.1. The average molecular weight is 295 g/mol. The molecule has 0 saturated carbocycles. The van der Waals surface area contributed by atoms with Crippen LogP contribution in [0.1, 0.15) is 12.8 Å². The van der Waals surface area contributed by atoms with E-state index in [0.29, 0.717) is 18.7 Å². The molecule has 3 N–H and O–H groups in total. The predicted octanol–water partition coefficient (Wildman–Crippen LogP) is 2.10. The summed E-state index contributed by atoms with van der Waals surface area (Å²) >= 11 is 0. The number of carbonyl (C=O) groups is 1. The third kappa shape index (κ3) is 16.9. The first-order chi connectivity index (χ1) is 6.16. The lowest BCUT2D eigenvalue weighted by molar-refractivity contribution is -0.117. The maximum Gasteiger partial charge on any atom is 0.218 e. The van der Waals surface area contributed by atoms with Crippen molar-refractivity contribution in [3.63, 3.8) is 0 Å². The van der Waals surface area contributed by atoms with Crippen LogP contribution in [-0.4, -0.2) is 30.4 Å². The SMILES string of the molecule is COC(=N)CCSSCCC(N)=O.Cl.Cl. The minimum absolute atomic E-state index is 0. The van der Waals surface area contributed by atoms with Crippen LogP contribution >= 0.6 is 46.4 Å². The maximum absolute atomic E-state index is 10.3. The maximum atomic E-state index is 10.3. The summed E-state index contributed by atoms with van der Waals surface area (Å²) in [5.41, 5.74) is 4.96. The third-order valence-electron chi connectivity index (χ3n) is 1.17. The van der Waals surface area contributed by atoms with E-state index in [1.165, 1.54) is 7.11 Å². The first-order valence-electron chi connectivity index (χ1n) is 3.81. The largest absolute Gasteiger partial charge is 0.484 e. The van der Waals surface area contributed by atoms with Gasteiger partial charge in [0, 0.05) is 24.3 Å². The second kappa shape index (κ2) is 14.2. The lowest BCUT2D eigenvalue weighted by Crippen LogP contribution is -2.10. The highest BCUT2D eigenvalue weighted by molar-refractivity contribution is 8.76. The van der Waals surface area contributed by atoms with Gasteiger partial charge in [-0.1, -0.05) is 21.6 Å². The van der Waals surface area contributed by atoms with Gasteiger partial charge in [0.15, 0.2) is 5.90 Å². The van der Waals surface area contributed by atoms with E-state index in [0.717, 1.165) is 11.5 Å². The highest BCUT2D eigenvalue weighted by Gasteiger charge is 1.97. The number of amides is 1. The molecule has 0 aromatic carbocycles. The number of halogens is 2. The number of rotatable bonds is 7. The molecule has 0 aliphatic carbocycles. The van der Waals surface area contributed by atoms with Crippen molar-refractivity contribution in [3.8, 4) is 0 Å². The Morgan fingerprint density at radius 1 is 1.27 bits per heavy atom. The molecule has 0 bridgehead atoms. The molecule has 0 spiro atoms. The highest BCUT2D eigenvalue weighted by Crippen LogP contribution is 2.22. The van der Waals surface area contributed by atoms with E-state index in [9.17, 15) is 4.79 Å². The van der Waals surface area contributed by atoms with Crippen LogP contribution < -0.4 is 5.73 Å². The van der Waals surface area contributed by atoms with Crippen LogP contribution in [0, 0.1) is 5.41 Å². The van der Waals surface area contributed by atoms with Gasteiger partial charge in [-0.25, -0.2) is 0 Å². The molecule has 0 atom stereocenters. The smallest absolute Gasteiger partial charge is 0.218 e. The summed E-state index contributed by atoms with van der Waals surface area (Å²) in [6.07, 6.45) is 1.05. The molecule has 0 aromatic rings. The summed E-state index contributed by atoms with van der Waals surface area (Å²) in [6, 6.07) is 0. The fraction of sp³-hybridized carbons (Fsp3) is 0.714. The van der Waals surface area contributed by atoms with E-state index in [-0.39, 0.29) is 30.7 Å². The van der Waals surface area contributed by atoms with Gasteiger partial charge in [0.05, 0.1) is 7.11 Å². The van der Waals surface area contributed by atoms with Crippen molar-refractivity contribution >= 4 is 58.2 Å². The summed E-state index contributed by atoms with van der Waals surface area (Å²) in [6.45, 7) is 0. The molecule has 0 fully saturated rings. The Kier molecular flexibility index (Phi) is 19.5. The Hall–Kier alpha value is 0.220. The molecule has 0 aliphatic rings. The summed E-state index contributed by atoms with van der Waals surface area (Å²) < 4.78 is 4.68. The molecule has 15 heavy (non-hydrogen) atoms. The van der Waals surface area contributed by atoms with Crippen LogP contribution in [0.4, 0.5) is 0 Å². The third-order valence-corrected chi connectivity index (χ3v) is 3.58. The topological polar surface area (TPSA) is 76.2 Å². The highest BCUT2D eigenvalue weighted by atomic mass is 35.5. The summed E-state index contributed by atoms with van der Waals surface area (Å²) in [5.74, 6) is 1.59. The van der Waals surface area contributed by atoms with E-state index < -0.39 is 0 Å². The monoisotopic (exact) mass is 294 g/mol. The Bertz CT molecular complexity index is 184. The van der Waals surface area contributed by atoms with Crippen molar-refractivity contribution < 1.29 is 9.53 Å². The van der Waals surface area contributed by atoms with Gasteiger partial charge in [0.1, 0.15) is 0 Å². The number of carbonyl (C=O) groups excluding carboxylic acids is 1. The van der Waals surface area contributed by atoms with Crippen molar-refractivity contribution in [1.29, 1.82) is 5.41 Å². The van der Waals surface area contributed by atoms with Gasteiger partial charge in [0.2, 0.25) is 5.91 Å². The van der Waals surface area contributed by atoms with Gasteiger partial charge in [-0.2, -0.15) is 0 Å². The van der Waals surface area contributed by atoms with E-state index in [1.807, 2.05) is 0 Å². The van der Waals surface area contributed by atoms with Crippen molar-refractivity contribution in [3.05, 3.63) is 0 Å². The zero-order valence-electron chi connectivity index (χ0n) is 8.36. The van der Waals surface area contributed by atoms with Crippen LogP contribution in [0.2, 0.25) is 0 Å². The molecular formula is C7H16Cl2N2O2S2. The van der Waals surface area contributed by atoms with Gasteiger partial charge < -0.3 is 10.5 Å². The minimum atomic E-state index is -0.266. The standard InChI is InChI=1S/C7H14N2O2S2.2ClH/c1-11-7(9)3-5-13-12-4-2-6(8)10;;/h9H,2-5H2,1H3,(H2,8,10);2*1H. The fourth-order valence-electron chi connectivity index (χ4n) is 0.497. The molecular weight excluding hydrogens is 279 g/mol. The van der Waals surface area contributed by atoms with Gasteiger partial charge in [-0.15, -0.1) is 24.8 Å². The van der Waals surface area contributed by atoms with Gasteiger partial charge >= 0.3 is 0 Å². The van der Waals surface area contributed by atoms with Crippen LogP contribution in [0.5, 0.6) is 0 Å². The molecule has 0 heterocycles. The first kappa shape index (κ1) is 20.6. The molecule has 0 aliphatic heterocycles. The van der Waals surface area contributed by atoms with Crippen LogP contribution in [0.15, 0.2) is 0 Å². The number of ether oxygens (including phenoxy) is 1. The van der Waals surface area contributed by atoms with E-state index in [2.05, 4.69) is 4.74 Å². The van der Waals surface area contributed by atoms with Crippen LogP contribution in [-0.2, 0) is 9.53 Å². The molecule has 92 valence electrons. The number of nitrogens with two attached hydrogens (primary N) is 1. The number of hydrogen-bond donors (Lipinski definition) is 2. The van der Waals surface area contributed by atoms with Crippen LogP contribution in [0.3, 0.4) is 0 Å². The molecule has 4 nitrogen and oxygen atoms in total. The van der Waals surface area contributed by atoms with Crippen molar-refractivity contribution in [1.82, 2.24) is 0 Å². The Morgan fingerprint density at radius 3 is 2.13 bits per heavy atom. The van der Waals surface area contributed by atoms with Crippen molar-refractivity contribution in [2.24, 2.45) is 5.73 Å². The summed E-state index contributed by atoms with van der Waals surface area (Å²) in [5, 5.41) is 7.17. The Balaban J connectivity index is -0.000000720. The molecule has 1 amide bonds. The molecule has 0 radical (unpaired) electrons. The number of primary amides is 1. The lowest BCUT2D eigenvalue weighted by Gasteiger charge is -2.01. The number of hydrogen-bond acceptors (Lipinski definition) is 5. The van der Waals surface area contributed by atoms with Crippen LogP contribution in [0.25, 0.3) is 0 Å². The van der Waals surface area contributed by atoms with Crippen molar-refractivity contribution in [2.45, 2.75) is 12.8 Å². The Morgan fingerprint density at radius 2 is 1.73 bits per heavy atom. The zero-order valence-corrected chi connectivity index (χ0v) is 11.6. The van der Waals surface area contributed by atoms with Gasteiger partial charge in [0.25, 0.3) is 0 Å². The fourth-order valence-corrected chi connectivity index (χ4v) is 2.49. The minimum Gasteiger partial charge on any atom is -0.484 e. The van der Waals surface area contributed by atoms with E-state index in [4.69, 9.17) is 11.1 Å². The predicted molar refractivity (Wildman–Crippen MR) is 72.6 cm³/mol.